The molecule has 4 heteroatoms. The van der Waals surface area contributed by atoms with E-state index < -0.39 is 0 Å². The Labute approximate surface area is 141 Å². The number of halogens is 1. The minimum atomic E-state index is -0.147. The Balaban J connectivity index is 1.74. The molecule has 2 nitrogen and oxygen atoms in total. The third-order valence-electron chi connectivity index (χ3n) is 4.92. The number of hydrogen-bond donors (Lipinski definition) is 0. The minimum absolute atomic E-state index is 0.147. The highest BCUT2D eigenvalue weighted by Crippen LogP contribution is 2.43. The van der Waals surface area contributed by atoms with Crippen molar-refractivity contribution in [3.05, 3.63) is 59.4 Å². The molecule has 1 saturated heterocycles. The molecular weight excluding hydrogens is 307 g/mol. The van der Waals surface area contributed by atoms with Crippen LogP contribution in [0, 0.1) is 5.82 Å². The highest BCUT2D eigenvalue weighted by atomic mass is 32.2. The average molecular weight is 328 g/mol. The van der Waals surface area contributed by atoms with Gasteiger partial charge in [0.1, 0.15) is 5.82 Å². The molecule has 2 aromatic carbocycles. The quantitative estimate of drug-likeness (QED) is 0.786. The summed E-state index contributed by atoms with van der Waals surface area (Å²) in [5, 5.41) is 0. The molecule has 0 saturated carbocycles. The lowest BCUT2D eigenvalue weighted by atomic mass is 9.96. The van der Waals surface area contributed by atoms with Crippen LogP contribution in [-0.2, 0) is 6.42 Å². The van der Waals surface area contributed by atoms with Crippen LogP contribution in [0.15, 0.2) is 52.3 Å². The molecule has 2 aliphatic heterocycles. The normalized spacial score (nSPS) is 22.3. The van der Waals surface area contributed by atoms with Crippen molar-refractivity contribution in [2.45, 2.75) is 22.3 Å². The molecule has 1 fully saturated rings. The van der Waals surface area contributed by atoms with E-state index in [4.69, 9.17) is 0 Å². The van der Waals surface area contributed by atoms with Crippen molar-refractivity contribution in [3.63, 3.8) is 0 Å². The fourth-order valence-corrected chi connectivity index (χ4v) is 4.70. The van der Waals surface area contributed by atoms with E-state index in [1.54, 1.807) is 23.9 Å². The number of nitrogens with zero attached hydrogens (tertiary/aromatic N) is 2. The Kier molecular flexibility index (Phi) is 4.14. The van der Waals surface area contributed by atoms with Gasteiger partial charge in [0.2, 0.25) is 0 Å². The first-order valence-corrected chi connectivity index (χ1v) is 9.00. The van der Waals surface area contributed by atoms with Crippen molar-refractivity contribution in [2.24, 2.45) is 0 Å². The second-order valence-corrected chi connectivity index (χ2v) is 7.53. The predicted molar refractivity (Wildman–Crippen MR) is 92.5 cm³/mol. The maximum atomic E-state index is 13.7. The molecule has 2 heterocycles. The first-order valence-electron chi connectivity index (χ1n) is 8.18. The SMILES string of the molecule is CN1CCN(C2Cc3ccc(F)cc3Sc3ccccc32)CC1. The van der Waals surface area contributed by atoms with Crippen LogP contribution < -0.4 is 0 Å². The van der Waals surface area contributed by atoms with Gasteiger partial charge in [0, 0.05) is 42.0 Å². The van der Waals surface area contributed by atoms with Crippen LogP contribution in [0.2, 0.25) is 0 Å². The molecule has 120 valence electrons. The van der Waals surface area contributed by atoms with Crippen LogP contribution in [0.1, 0.15) is 17.2 Å². The van der Waals surface area contributed by atoms with Crippen LogP contribution in [0.5, 0.6) is 0 Å². The van der Waals surface area contributed by atoms with Gasteiger partial charge in [0.25, 0.3) is 0 Å². The zero-order valence-electron chi connectivity index (χ0n) is 13.3. The lowest BCUT2D eigenvalue weighted by Crippen LogP contribution is -2.46. The molecule has 2 aliphatic rings. The maximum absolute atomic E-state index is 13.7. The summed E-state index contributed by atoms with van der Waals surface area (Å²) in [4.78, 5) is 7.31. The third-order valence-corrected chi connectivity index (χ3v) is 6.11. The molecule has 0 bridgehead atoms. The summed E-state index contributed by atoms with van der Waals surface area (Å²) in [5.41, 5.74) is 2.65. The molecular formula is C19H21FN2S. The summed E-state index contributed by atoms with van der Waals surface area (Å²) in [6, 6.07) is 14.2. The monoisotopic (exact) mass is 328 g/mol. The van der Waals surface area contributed by atoms with Gasteiger partial charge >= 0.3 is 0 Å². The summed E-state index contributed by atoms with van der Waals surface area (Å²) < 4.78 is 13.7. The van der Waals surface area contributed by atoms with E-state index in [9.17, 15) is 4.39 Å². The molecule has 0 spiro atoms. The minimum Gasteiger partial charge on any atom is -0.304 e. The van der Waals surface area contributed by atoms with Gasteiger partial charge in [0.15, 0.2) is 0 Å². The maximum Gasteiger partial charge on any atom is 0.124 e. The van der Waals surface area contributed by atoms with Gasteiger partial charge in [-0.1, -0.05) is 36.0 Å². The predicted octanol–water partition coefficient (Wildman–Crippen LogP) is 3.82. The van der Waals surface area contributed by atoms with Crippen molar-refractivity contribution < 1.29 is 4.39 Å². The topological polar surface area (TPSA) is 6.48 Å². The van der Waals surface area contributed by atoms with Gasteiger partial charge in [-0.15, -0.1) is 0 Å². The lowest BCUT2D eigenvalue weighted by molar-refractivity contribution is 0.110. The Morgan fingerprint density at radius 3 is 2.61 bits per heavy atom. The highest BCUT2D eigenvalue weighted by Gasteiger charge is 2.29. The van der Waals surface area contributed by atoms with Crippen LogP contribution in [-0.4, -0.2) is 43.0 Å². The Morgan fingerprint density at radius 2 is 1.78 bits per heavy atom. The lowest BCUT2D eigenvalue weighted by Gasteiger charge is -2.38. The summed E-state index contributed by atoms with van der Waals surface area (Å²) >= 11 is 1.71. The van der Waals surface area contributed by atoms with Gasteiger partial charge in [-0.3, -0.25) is 4.90 Å². The van der Waals surface area contributed by atoms with Crippen molar-refractivity contribution in [2.75, 3.05) is 33.2 Å². The first-order chi connectivity index (χ1) is 11.2. The molecule has 4 rings (SSSR count). The van der Waals surface area contributed by atoms with Crippen LogP contribution >= 0.6 is 11.8 Å². The Hall–Kier alpha value is -1.36. The fourth-order valence-electron chi connectivity index (χ4n) is 3.54. The zero-order valence-corrected chi connectivity index (χ0v) is 14.2. The first kappa shape index (κ1) is 15.2. The highest BCUT2D eigenvalue weighted by molar-refractivity contribution is 7.99. The smallest absolute Gasteiger partial charge is 0.124 e. The Bertz CT molecular complexity index is 710. The molecule has 0 N–H and O–H groups in total. The zero-order chi connectivity index (χ0) is 15.8. The molecule has 2 aromatic rings. The average Bonchev–Trinajstić information content (AvgIpc) is 2.72. The fraction of sp³-hybridized carbons (Fsp3) is 0.368. The van der Waals surface area contributed by atoms with Crippen LogP contribution in [0.25, 0.3) is 0 Å². The number of rotatable bonds is 1. The largest absolute Gasteiger partial charge is 0.304 e. The van der Waals surface area contributed by atoms with E-state index in [-0.39, 0.29) is 5.82 Å². The van der Waals surface area contributed by atoms with E-state index in [1.807, 2.05) is 6.07 Å². The van der Waals surface area contributed by atoms with Gasteiger partial charge in [-0.25, -0.2) is 4.39 Å². The van der Waals surface area contributed by atoms with E-state index >= 15 is 0 Å². The molecule has 0 aromatic heterocycles. The summed E-state index contributed by atoms with van der Waals surface area (Å²) in [5.74, 6) is -0.147. The summed E-state index contributed by atoms with van der Waals surface area (Å²) in [6.07, 6.45) is 0.962. The van der Waals surface area contributed by atoms with Gasteiger partial charge < -0.3 is 4.90 Å². The number of piperazine rings is 1. The molecule has 0 amide bonds. The van der Waals surface area contributed by atoms with Crippen molar-refractivity contribution in [3.8, 4) is 0 Å². The van der Waals surface area contributed by atoms with Gasteiger partial charge in [-0.2, -0.15) is 0 Å². The second kappa shape index (κ2) is 6.27. The van der Waals surface area contributed by atoms with Crippen LogP contribution in [0.4, 0.5) is 4.39 Å². The molecule has 23 heavy (non-hydrogen) atoms. The second-order valence-electron chi connectivity index (χ2n) is 6.45. The van der Waals surface area contributed by atoms with E-state index in [1.165, 1.54) is 16.0 Å². The van der Waals surface area contributed by atoms with Gasteiger partial charge in [-0.05, 0) is 42.8 Å². The van der Waals surface area contributed by atoms with Crippen LogP contribution in [0.3, 0.4) is 0 Å². The molecule has 0 radical (unpaired) electrons. The Morgan fingerprint density at radius 1 is 1.00 bits per heavy atom. The number of benzene rings is 2. The molecule has 1 atom stereocenters. The number of fused-ring (bicyclic) bond motifs is 2. The van der Waals surface area contributed by atoms with Crippen molar-refractivity contribution >= 4 is 11.8 Å². The summed E-state index contributed by atoms with van der Waals surface area (Å²) in [7, 11) is 2.19. The third kappa shape index (κ3) is 3.03. The van der Waals surface area contributed by atoms with E-state index in [2.05, 4.69) is 41.1 Å². The van der Waals surface area contributed by atoms with E-state index in [0.717, 1.165) is 37.5 Å². The molecule has 0 aliphatic carbocycles. The standard InChI is InChI=1S/C19H21FN2S/c1-21-8-10-22(11-9-21)17-12-14-6-7-15(20)13-19(14)23-18-5-3-2-4-16(17)18/h2-7,13,17H,8-12H2,1H3. The van der Waals surface area contributed by atoms with E-state index in [0.29, 0.717) is 6.04 Å². The van der Waals surface area contributed by atoms with Crippen molar-refractivity contribution in [1.82, 2.24) is 9.80 Å². The summed E-state index contributed by atoms with van der Waals surface area (Å²) in [6.45, 7) is 4.41. The van der Waals surface area contributed by atoms with Gasteiger partial charge in [0.05, 0.1) is 0 Å². The number of hydrogen-bond acceptors (Lipinski definition) is 3. The number of likely N-dealkylation sites (N-methyl/N-ethyl adjacent to an activating group) is 1. The van der Waals surface area contributed by atoms with Crippen molar-refractivity contribution in [1.29, 1.82) is 0 Å². The molecule has 1 unspecified atom stereocenters.